The van der Waals surface area contributed by atoms with Crippen molar-refractivity contribution in [2.24, 2.45) is 0 Å². The Hall–Kier alpha value is -2.05. The Balaban J connectivity index is 2.11. The summed E-state index contributed by atoms with van der Waals surface area (Å²) in [4.78, 5) is 30.2. The fourth-order valence-corrected chi connectivity index (χ4v) is 1.62. The lowest BCUT2D eigenvalue weighted by Crippen LogP contribution is -2.43. The Morgan fingerprint density at radius 3 is 3.06 bits per heavy atom. The van der Waals surface area contributed by atoms with Gasteiger partial charge in [-0.2, -0.15) is 0 Å². The van der Waals surface area contributed by atoms with Gasteiger partial charge in [-0.1, -0.05) is 0 Å². The van der Waals surface area contributed by atoms with Crippen molar-refractivity contribution in [2.45, 2.75) is 12.5 Å². The van der Waals surface area contributed by atoms with Crippen molar-refractivity contribution >= 4 is 12.1 Å². The Morgan fingerprint density at radius 1 is 1.75 bits per heavy atom. The van der Waals surface area contributed by atoms with Crippen LogP contribution in [0, 0.1) is 0 Å². The van der Waals surface area contributed by atoms with Crippen LogP contribution in [0.25, 0.3) is 0 Å². The van der Waals surface area contributed by atoms with E-state index in [0.29, 0.717) is 12.2 Å². The summed E-state index contributed by atoms with van der Waals surface area (Å²) in [6.45, 7) is 0.551. The molecular formula is C9H11N3O4. The molecule has 0 bridgehead atoms. The van der Waals surface area contributed by atoms with E-state index in [9.17, 15) is 9.59 Å². The number of cyclic esters (lactones) is 1. The normalized spacial score (nSPS) is 17.2. The summed E-state index contributed by atoms with van der Waals surface area (Å²) in [6, 6.07) is -0.907. The highest BCUT2D eigenvalue weighted by molar-refractivity contribution is 5.81. The zero-order valence-electron chi connectivity index (χ0n) is 8.42. The average Bonchev–Trinajstić information content (AvgIpc) is 2.85. The minimum absolute atomic E-state index is 0.199. The maximum atomic E-state index is 11.3. The van der Waals surface area contributed by atoms with Gasteiger partial charge in [0.15, 0.2) is 0 Å². The van der Waals surface area contributed by atoms with Crippen molar-refractivity contribution in [3.05, 3.63) is 18.2 Å². The van der Waals surface area contributed by atoms with Gasteiger partial charge < -0.3 is 14.8 Å². The van der Waals surface area contributed by atoms with Gasteiger partial charge in [-0.05, 0) is 0 Å². The quantitative estimate of drug-likeness (QED) is 0.743. The van der Waals surface area contributed by atoms with Crippen LogP contribution >= 0.6 is 0 Å². The van der Waals surface area contributed by atoms with Crippen LogP contribution in [0.2, 0.25) is 0 Å². The molecule has 1 aromatic rings. The molecule has 0 aromatic carbocycles. The second-order valence-electron chi connectivity index (χ2n) is 3.44. The van der Waals surface area contributed by atoms with Crippen LogP contribution in [0.1, 0.15) is 5.69 Å². The number of hydrogen-bond donors (Lipinski definition) is 2. The van der Waals surface area contributed by atoms with Gasteiger partial charge in [-0.15, -0.1) is 0 Å². The van der Waals surface area contributed by atoms with Crippen LogP contribution in [-0.2, 0) is 16.0 Å². The first kappa shape index (κ1) is 10.5. The zero-order valence-corrected chi connectivity index (χ0v) is 8.42. The molecule has 86 valence electrons. The second-order valence-corrected chi connectivity index (χ2v) is 3.44. The van der Waals surface area contributed by atoms with E-state index in [2.05, 4.69) is 9.97 Å². The number of aliphatic carboxylic acids is 1. The van der Waals surface area contributed by atoms with Crippen LogP contribution < -0.4 is 0 Å². The highest BCUT2D eigenvalue weighted by atomic mass is 16.6. The number of carbonyl (C=O) groups is 2. The number of imidazole rings is 1. The summed E-state index contributed by atoms with van der Waals surface area (Å²) in [5.41, 5.74) is 0.673. The maximum Gasteiger partial charge on any atom is 0.410 e. The minimum Gasteiger partial charge on any atom is -0.480 e. The highest BCUT2D eigenvalue weighted by Gasteiger charge is 2.34. The smallest absolute Gasteiger partial charge is 0.410 e. The largest absolute Gasteiger partial charge is 0.480 e. The number of hydrogen-bond acceptors (Lipinski definition) is 4. The summed E-state index contributed by atoms with van der Waals surface area (Å²) >= 11 is 0. The van der Waals surface area contributed by atoms with Crippen molar-refractivity contribution < 1.29 is 19.4 Å². The number of rotatable bonds is 4. The van der Waals surface area contributed by atoms with Crippen LogP contribution in [0.15, 0.2) is 12.5 Å². The molecule has 1 fully saturated rings. The van der Waals surface area contributed by atoms with Gasteiger partial charge in [0.2, 0.25) is 0 Å². The molecule has 1 amide bonds. The molecule has 1 atom stereocenters. The number of amides is 1. The van der Waals surface area contributed by atoms with Crippen molar-refractivity contribution in [1.82, 2.24) is 14.9 Å². The Kier molecular flexibility index (Phi) is 2.76. The van der Waals surface area contributed by atoms with E-state index in [1.807, 2.05) is 0 Å². The molecule has 2 heterocycles. The monoisotopic (exact) mass is 225 g/mol. The molecular weight excluding hydrogens is 214 g/mol. The molecule has 0 aliphatic carbocycles. The third-order valence-electron chi connectivity index (χ3n) is 2.42. The number of carbonyl (C=O) groups excluding carboxylic acids is 1. The topological polar surface area (TPSA) is 95.5 Å². The Bertz CT molecular complexity index is 389. The Labute approximate surface area is 91.0 Å². The van der Waals surface area contributed by atoms with Gasteiger partial charge >= 0.3 is 12.1 Å². The lowest BCUT2D eigenvalue weighted by atomic mass is 10.1. The number of nitrogens with one attached hydrogen (secondary N) is 1. The molecule has 1 aromatic heterocycles. The van der Waals surface area contributed by atoms with E-state index >= 15 is 0 Å². The SMILES string of the molecule is O=C(O)[C@H](Cc1cnc[nH]1)N1CCOC1=O. The molecule has 1 saturated heterocycles. The summed E-state index contributed by atoms with van der Waals surface area (Å²) < 4.78 is 4.71. The summed E-state index contributed by atoms with van der Waals surface area (Å²) in [7, 11) is 0. The van der Waals surface area contributed by atoms with Gasteiger partial charge in [0.1, 0.15) is 12.6 Å². The number of ether oxygens (including phenoxy) is 1. The van der Waals surface area contributed by atoms with E-state index in [1.54, 1.807) is 0 Å². The maximum absolute atomic E-state index is 11.3. The third kappa shape index (κ3) is 1.97. The molecule has 2 rings (SSSR count). The molecule has 1 aliphatic rings. The van der Waals surface area contributed by atoms with E-state index in [4.69, 9.17) is 9.84 Å². The summed E-state index contributed by atoms with van der Waals surface area (Å²) in [5, 5.41) is 9.07. The molecule has 7 heteroatoms. The van der Waals surface area contributed by atoms with E-state index in [0.717, 1.165) is 0 Å². The first-order chi connectivity index (χ1) is 7.68. The van der Waals surface area contributed by atoms with Gasteiger partial charge in [-0.3, -0.25) is 4.90 Å². The van der Waals surface area contributed by atoms with Gasteiger partial charge in [-0.25, -0.2) is 14.6 Å². The molecule has 16 heavy (non-hydrogen) atoms. The number of aromatic amines is 1. The van der Waals surface area contributed by atoms with Crippen molar-refractivity contribution in [1.29, 1.82) is 0 Å². The number of carboxylic acid groups (broad SMARTS) is 1. The number of aromatic nitrogens is 2. The number of carboxylic acids is 1. The standard InChI is InChI=1S/C9H11N3O4/c13-8(14)7(3-6-4-10-5-11-6)12-1-2-16-9(12)15/h4-5,7H,1-3H2,(H,10,11)(H,13,14)/t7-/m0/s1. The van der Waals surface area contributed by atoms with Crippen LogP contribution in [0.4, 0.5) is 4.79 Å². The lowest BCUT2D eigenvalue weighted by molar-refractivity contribution is -0.142. The predicted octanol–water partition coefficient (Wildman–Crippen LogP) is -0.142. The average molecular weight is 225 g/mol. The van der Waals surface area contributed by atoms with Gasteiger partial charge in [0.25, 0.3) is 0 Å². The lowest BCUT2D eigenvalue weighted by Gasteiger charge is -2.20. The van der Waals surface area contributed by atoms with Gasteiger partial charge in [0, 0.05) is 18.3 Å². The van der Waals surface area contributed by atoms with Crippen molar-refractivity contribution in [2.75, 3.05) is 13.2 Å². The number of nitrogens with zero attached hydrogens (tertiary/aromatic N) is 2. The first-order valence-corrected chi connectivity index (χ1v) is 4.82. The minimum atomic E-state index is -1.05. The first-order valence-electron chi connectivity index (χ1n) is 4.82. The molecule has 0 spiro atoms. The fraction of sp³-hybridized carbons (Fsp3) is 0.444. The summed E-state index contributed by atoms with van der Waals surface area (Å²) in [6.07, 6.45) is 2.63. The number of H-pyrrole nitrogens is 1. The molecule has 0 unspecified atom stereocenters. The predicted molar refractivity (Wildman–Crippen MR) is 51.8 cm³/mol. The molecule has 1 aliphatic heterocycles. The van der Waals surface area contributed by atoms with E-state index < -0.39 is 18.1 Å². The third-order valence-corrected chi connectivity index (χ3v) is 2.42. The zero-order chi connectivity index (χ0) is 11.5. The van der Waals surface area contributed by atoms with Crippen molar-refractivity contribution in [3.63, 3.8) is 0 Å². The Morgan fingerprint density at radius 2 is 2.56 bits per heavy atom. The van der Waals surface area contributed by atoms with Crippen molar-refractivity contribution in [3.8, 4) is 0 Å². The molecule has 7 nitrogen and oxygen atoms in total. The van der Waals surface area contributed by atoms with E-state index in [-0.39, 0.29) is 13.0 Å². The summed E-state index contributed by atoms with van der Waals surface area (Å²) in [5.74, 6) is -1.05. The fourth-order valence-electron chi connectivity index (χ4n) is 1.62. The molecule has 0 saturated carbocycles. The van der Waals surface area contributed by atoms with Crippen LogP contribution in [-0.4, -0.2) is 51.2 Å². The van der Waals surface area contributed by atoms with Crippen LogP contribution in [0.5, 0.6) is 0 Å². The van der Waals surface area contributed by atoms with E-state index in [1.165, 1.54) is 17.4 Å². The van der Waals surface area contributed by atoms with Gasteiger partial charge in [0.05, 0.1) is 12.9 Å². The molecule has 0 radical (unpaired) electrons. The van der Waals surface area contributed by atoms with Crippen LogP contribution in [0.3, 0.4) is 0 Å². The highest BCUT2D eigenvalue weighted by Crippen LogP contribution is 2.13. The second kappa shape index (κ2) is 4.21. The molecule has 2 N–H and O–H groups in total.